The Morgan fingerprint density at radius 3 is 2.30 bits per heavy atom. The molecule has 2 atom stereocenters. The van der Waals surface area contributed by atoms with Crippen LogP contribution in [0.1, 0.15) is 68.1 Å². The van der Waals surface area contributed by atoms with Crippen LogP contribution in [0.4, 0.5) is 0 Å². The van der Waals surface area contributed by atoms with Crippen molar-refractivity contribution in [3.63, 3.8) is 0 Å². The molecule has 2 aromatic carbocycles. The van der Waals surface area contributed by atoms with Crippen molar-refractivity contribution >= 4 is 5.91 Å². The maximum absolute atomic E-state index is 14.0. The van der Waals surface area contributed by atoms with E-state index in [4.69, 9.17) is 9.47 Å². The summed E-state index contributed by atoms with van der Waals surface area (Å²) in [6, 6.07) is 15.6. The summed E-state index contributed by atoms with van der Waals surface area (Å²) in [6.07, 6.45) is 11.0. The maximum Gasteiger partial charge on any atom is 0.240 e. The van der Waals surface area contributed by atoms with E-state index in [1.54, 1.807) is 14.2 Å². The summed E-state index contributed by atoms with van der Waals surface area (Å²) in [4.78, 5) is 18.5. The Bertz CT molecular complexity index is 1040. The molecule has 0 radical (unpaired) electrons. The number of benzene rings is 2. The average molecular weight is 506 g/mol. The first kappa shape index (κ1) is 26.1. The molecule has 3 aliphatic rings. The molecule has 1 aliphatic carbocycles. The molecule has 1 N–H and O–H groups in total. The summed E-state index contributed by atoms with van der Waals surface area (Å²) in [5, 5.41) is 3.99. The predicted molar refractivity (Wildman–Crippen MR) is 147 cm³/mol. The summed E-state index contributed by atoms with van der Waals surface area (Å²) in [5.74, 6) is 1.75. The normalized spacial score (nSPS) is 23.2. The highest BCUT2D eigenvalue weighted by atomic mass is 16.5. The molecule has 2 aliphatic heterocycles. The number of fused-ring (bicyclic) bond motifs is 1. The van der Waals surface area contributed by atoms with E-state index in [0.29, 0.717) is 18.6 Å². The van der Waals surface area contributed by atoms with Crippen molar-refractivity contribution in [3.05, 3.63) is 59.2 Å². The van der Waals surface area contributed by atoms with Crippen molar-refractivity contribution in [2.45, 2.75) is 89.0 Å². The van der Waals surface area contributed by atoms with Gasteiger partial charge in [-0.15, -0.1) is 0 Å². The minimum Gasteiger partial charge on any atom is -0.493 e. The van der Waals surface area contributed by atoms with Gasteiger partial charge in [-0.25, -0.2) is 0 Å². The lowest BCUT2D eigenvalue weighted by molar-refractivity contribution is -0.137. The van der Waals surface area contributed by atoms with Gasteiger partial charge in [0.05, 0.1) is 20.3 Å². The number of amides is 1. The van der Waals surface area contributed by atoms with Crippen LogP contribution in [0.2, 0.25) is 0 Å². The first-order valence-electron chi connectivity index (χ1n) is 14.2. The number of carbonyl (C=O) groups excluding carboxylic acids is 1. The second kappa shape index (κ2) is 12.3. The van der Waals surface area contributed by atoms with Crippen molar-refractivity contribution in [1.29, 1.82) is 0 Å². The molecule has 0 unspecified atom stereocenters. The summed E-state index contributed by atoms with van der Waals surface area (Å²) in [5.41, 5.74) is 3.68. The van der Waals surface area contributed by atoms with Crippen LogP contribution in [0.3, 0.4) is 0 Å². The number of ether oxygens (including phenoxy) is 2. The largest absolute Gasteiger partial charge is 0.493 e. The molecule has 200 valence electrons. The van der Waals surface area contributed by atoms with E-state index >= 15 is 0 Å². The summed E-state index contributed by atoms with van der Waals surface area (Å²) < 4.78 is 11.0. The van der Waals surface area contributed by atoms with Crippen molar-refractivity contribution in [2.75, 3.05) is 27.3 Å². The smallest absolute Gasteiger partial charge is 0.240 e. The van der Waals surface area contributed by atoms with E-state index in [1.807, 2.05) is 6.07 Å². The minimum atomic E-state index is -0.0899. The molecule has 5 rings (SSSR count). The third-order valence-corrected chi connectivity index (χ3v) is 8.52. The number of likely N-dealkylation sites (tertiary alicyclic amines) is 1. The first-order chi connectivity index (χ1) is 18.1. The molecule has 1 amide bonds. The van der Waals surface area contributed by atoms with E-state index in [-0.39, 0.29) is 11.9 Å². The fraction of sp³-hybridized carbons (Fsp3) is 0.581. The highest BCUT2D eigenvalue weighted by Gasteiger charge is 2.40. The monoisotopic (exact) mass is 505 g/mol. The van der Waals surface area contributed by atoms with Crippen LogP contribution < -0.4 is 14.8 Å². The molecule has 37 heavy (non-hydrogen) atoms. The van der Waals surface area contributed by atoms with Crippen LogP contribution in [0, 0.1) is 0 Å². The molecule has 6 nitrogen and oxygen atoms in total. The molecule has 0 bridgehead atoms. The lowest BCUT2D eigenvalue weighted by Crippen LogP contribution is -2.47. The summed E-state index contributed by atoms with van der Waals surface area (Å²) in [6.45, 7) is 3.12. The molecule has 6 heteroatoms. The van der Waals surface area contributed by atoms with Gasteiger partial charge in [0.25, 0.3) is 0 Å². The third-order valence-electron chi connectivity index (χ3n) is 8.52. The number of methoxy groups -OCH3 is 2. The van der Waals surface area contributed by atoms with Crippen molar-refractivity contribution in [1.82, 2.24) is 15.1 Å². The van der Waals surface area contributed by atoms with Gasteiger partial charge in [0.2, 0.25) is 5.91 Å². The number of nitrogens with zero attached hydrogens (tertiary/aromatic N) is 2. The van der Waals surface area contributed by atoms with Crippen LogP contribution >= 0.6 is 0 Å². The van der Waals surface area contributed by atoms with Gasteiger partial charge in [-0.1, -0.05) is 62.4 Å². The number of rotatable bonds is 7. The van der Waals surface area contributed by atoms with E-state index in [0.717, 1.165) is 49.5 Å². The van der Waals surface area contributed by atoms with Gasteiger partial charge >= 0.3 is 0 Å². The van der Waals surface area contributed by atoms with Crippen molar-refractivity contribution < 1.29 is 14.3 Å². The molecule has 0 aromatic heterocycles. The molecular formula is C31H43N3O3. The second-order valence-corrected chi connectivity index (χ2v) is 11.1. The molecular weight excluding hydrogens is 462 g/mol. The van der Waals surface area contributed by atoms with Gasteiger partial charge in [0.15, 0.2) is 11.5 Å². The summed E-state index contributed by atoms with van der Waals surface area (Å²) >= 11 is 0. The van der Waals surface area contributed by atoms with Gasteiger partial charge in [-0.2, -0.15) is 0 Å². The van der Waals surface area contributed by atoms with Gasteiger partial charge < -0.3 is 19.7 Å². The molecule has 2 heterocycles. The molecule has 1 saturated heterocycles. The van der Waals surface area contributed by atoms with Gasteiger partial charge in [-0.3, -0.25) is 9.69 Å². The van der Waals surface area contributed by atoms with Crippen LogP contribution in [-0.4, -0.2) is 61.1 Å². The lowest BCUT2D eigenvalue weighted by Gasteiger charge is -2.34. The first-order valence-corrected chi connectivity index (χ1v) is 14.2. The maximum atomic E-state index is 14.0. The SMILES string of the molecule is COc1cc2c(cc1OC)CN(C(=O)[C@@H]1C[C@@H](NC3CCCCCCC3)CN1Cc1ccccc1)CC2. The Labute approximate surface area is 222 Å². The topological polar surface area (TPSA) is 54.0 Å². The zero-order valence-corrected chi connectivity index (χ0v) is 22.6. The van der Waals surface area contributed by atoms with Crippen LogP contribution in [0.5, 0.6) is 11.5 Å². The number of hydrogen-bond donors (Lipinski definition) is 1. The predicted octanol–water partition coefficient (Wildman–Crippen LogP) is 4.93. The Morgan fingerprint density at radius 1 is 0.919 bits per heavy atom. The van der Waals surface area contributed by atoms with Crippen LogP contribution in [-0.2, 0) is 24.3 Å². The Hall–Kier alpha value is -2.57. The van der Waals surface area contributed by atoms with Gasteiger partial charge in [0, 0.05) is 38.3 Å². The van der Waals surface area contributed by atoms with E-state index < -0.39 is 0 Å². The zero-order valence-electron chi connectivity index (χ0n) is 22.6. The van der Waals surface area contributed by atoms with E-state index in [9.17, 15) is 4.79 Å². The van der Waals surface area contributed by atoms with Crippen molar-refractivity contribution in [2.24, 2.45) is 0 Å². The van der Waals surface area contributed by atoms with Crippen LogP contribution in [0.15, 0.2) is 42.5 Å². The van der Waals surface area contributed by atoms with Gasteiger partial charge in [0.1, 0.15) is 0 Å². The minimum absolute atomic E-state index is 0.0899. The Morgan fingerprint density at radius 2 is 1.59 bits per heavy atom. The number of carbonyl (C=O) groups is 1. The number of hydrogen-bond acceptors (Lipinski definition) is 5. The third kappa shape index (κ3) is 6.29. The van der Waals surface area contributed by atoms with Gasteiger partial charge in [-0.05, 0) is 54.5 Å². The van der Waals surface area contributed by atoms with Crippen LogP contribution in [0.25, 0.3) is 0 Å². The summed E-state index contributed by atoms with van der Waals surface area (Å²) in [7, 11) is 3.34. The van der Waals surface area contributed by atoms with Crippen molar-refractivity contribution in [3.8, 4) is 11.5 Å². The lowest BCUT2D eigenvalue weighted by atomic mass is 9.95. The average Bonchev–Trinajstić information content (AvgIpc) is 3.30. The zero-order chi connectivity index (χ0) is 25.6. The molecule has 0 spiro atoms. The fourth-order valence-corrected chi connectivity index (χ4v) is 6.51. The highest BCUT2D eigenvalue weighted by Crippen LogP contribution is 2.34. The Balaban J connectivity index is 1.30. The molecule has 1 saturated carbocycles. The molecule has 2 fully saturated rings. The molecule has 2 aromatic rings. The fourth-order valence-electron chi connectivity index (χ4n) is 6.51. The second-order valence-electron chi connectivity index (χ2n) is 11.1. The highest BCUT2D eigenvalue weighted by molar-refractivity contribution is 5.82. The Kier molecular flexibility index (Phi) is 8.67. The quantitative estimate of drug-likeness (QED) is 0.578. The number of nitrogens with one attached hydrogen (secondary N) is 1. The van der Waals surface area contributed by atoms with E-state index in [2.05, 4.69) is 51.5 Å². The van der Waals surface area contributed by atoms with E-state index in [1.165, 1.54) is 56.1 Å². The standard InChI is InChI=1S/C31H43N3O3/c1-36-29-17-24-15-16-33(21-25(24)18-30(29)37-2)31(35)28-19-27(32-26-13-9-4-3-5-10-14-26)22-34(28)20-23-11-7-6-8-12-23/h6-8,11-12,17-18,26-28,32H,3-5,9-10,13-16,19-22H2,1-2H3/t27-,28+/m1/s1.